The molecule has 0 saturated heterocycles. The molecule has 0 spiro atoms. The van der Waals surface area contributed by atoms with Crippen LogP contribution in [0, 0.1) is 0 Å². The Bertz CT molecular complexity index is 1140. The first-order chi connectivity index (χ1) is 15.5. The Kier molecular flexibility index (Phi) is 6.50. The summed E-state index contributed by atoms with van der Waals surface area (Å²) in [6, 6.07) is 13.7. The van der Waals surface area contributed by atoms with E-state index in [1.165, 1.54) is 11.8 Å². The summed E-state index contributed by atoms with van der Waals surface area (Å²) in [6.45, 7) is 0. The Hall–Kier alpha value is -3.66. The molecule has 10 heteroatoms. The molecule has 9 nitrogen and oxygen atoms in total. The van der Waals surface area contributed by atoms with E-state index in [0.717, 1.165) is 12.8 Å². The lowest BCUT2D eigenvalue weighted by Gasteiger charge is -2.09. The van der Waals surface area contributed by atoms with Gasteiger partial charge in [-0.05, 0) is 55.3 Å². The molecule has 4 rings (SSSR count). The summed E-state index contributed by atoms with van der Waals surface area (Å²) in [5.41, 5.74) is 2.07. The zero-order valence-corrected chi connectivity index (χ0v) is 18.2. The van der Waals surface area contributed by atoms with Crippen LogP contribution in [0.1, 0.15) is 33.6 Å². The molecular weight excluding hydrogens is 428 g/mol. The summed E-state index contributed by atoms with van der Waals surface area (Å²) in [6.07, 6.45) is 3.60. The number of anilines is 2. The van der Waals surface area contributed by atoms with E-state index in [4.69, 9.17) is 0 Å². The summed E-state index contributed by atoms with van der Waals surface area (Å²) in [5.74, 6) is -0.433. The predicted molar refractivity (Wildman–Crippen MR) is 122 cm³/mol. The Morgan fingerprint density at radius 3 is 2.47 bits per heavy atom. The second-order valence-electron chi connectivity index (χ2n) is 7.42. The summed E-state index contributed by atoms with van der Waals surface area (Å²) in [4.78, 5) is 36.9. The third-order valence-corrected chi connectivity index (χ3v) is 5.76. The molecule has 3 N–H and O–H groups in total. The number of hydrogen-bond acceptors (Lipinski definition) is 6. The molecule has 1 fully saturated rings. The molecule has 0 unspecified atom stereocenters. The van der Waals surface area contributed by atoms with Crippen molar-refractivity contribution in [1.82, 2.24) is 20.1 Å². The van der Waals surface area contributed by atoms with Gasteiger partial charge in [-0.1, -0.05) is 17.8 Å². The lowest BCUT2D eigenvalue weighted by molar-refractivity contribution is -0.113. The minimum absolute atomic E-state index is 0.138. The van der Waals surface area contributed by atoms with Crippen LogP contribution in [0.4, 0.5) is 11.4 Å². The Balaban J connectivity index is 1.30. The average Bonchev–Trinajstić information content (AvgIpc) is 3.51. The number of hydrogen-bond donors (Lipinski definition) is 3. The van der Waals surface area contributed by atoms with Gasteiger partial charge in [0, 0.05) is 35.6 Å². The smallest absolute Gasteiger partial charge is 0.255 e. The normalized spacial score (nSPS) is 12.8. The van der Waals surface area contributed by atoms with Crippen molar-refractivity contribution < 1.29 is 14.4 Å². The molecule has 0 radical (unpaired) electrons. The van der Waals surface area contributed by atoms with Crippen LogP contribution in [0.2, 0.25) is 0 Å². The molecule has 164 valence electrons. The SMILES string of the molecule is Cn1cnnc1SCC(=O)Nc1ccc(C(=O)Nc2cccc(C(=O)NC3CC3)c2)cc1. The summed E-state index contributed by atoms with van der Waals surface area (Å²) in [5, 5.41) is 16.9. The predicted octanol–water partition coefficient (Wildman–Crippen LogP) is 2.69. The summed E-state index contributed by atoms with van der Waals surface area (Å²) in [7, 11) is 1.81. The molecule has 0 bridgehead atoms. The standard InChI is InChI=1S/C22H22N6O3S/c1-28-13-23-27-22(28)32-12-19(29)24-16-7-5-14(6-8-16)20(30)26-18-4-2-3-15(11-18)21(31)25-17-9-10-17/h2-8,11,13,17H,9-10,12H2,1H3,(H,24,29)(H,25,31)(H,26,30). The zero-order valence-electron chi connectivity index (χ0n) is 17.4. The first-order valence-electron chi connectivity index (χ1n) is 10.1. The van der Waals surface area contributed by atoms with E-state index < -0.39 is 0 Å². The zero-order chi connectivity index (χ0) is 22.5. The van der Waals surface area contributed by atoms with Crippen LogP contribution in [0.15, 0.2) is 60.0 Å². The number of benzene rings is 2. The number of nitrogens with zero attached hydrogens (tertiary/aromatic N) is 3. The van der Waals surface area contributed by atoms with Crippen molar-refractivity contribution in [2.24, 2.45) is 7.05 Å². The molecule has 1 saturated carbocycles. The van der Waals surface area contributed by atoms with Crippen molar-refractivity contribution >= 4 is 40.9 Å². The lowest BCUT2D eigenvalue weighted by atomic mass is 10.1. The second-order valence-corrected chi connectivity index (χ2v) is 8.36. The topological polar surface area (TPSA) is 118 Å². The van der Waals surface area contributed by atoms with Crippen molar-refractivity contribution in [3.63, 3.8) is 0 Å². The number of carbonyl (C=O) groups is 3. The van der Waals surface area contributed by atoms with Gasteiger partial charge in [-0.15, -0.1) is 10.2 Å². The van der Waals surface area contributed by atoms with Crippen LogP contribution < -0.4 is 16.0 Å². The highest BCUT2D eigenvalue weighted by Crippen LogP contribution is 2.20. The maximum Gasteiger partial charge on any atom is 0.255 e. The van der Waals surface area contributed by atoms with Gasteiger partial charge in [0.1, 0.15) is 6.33 Å². The number of carbonyl (C=O) groups excluding carboxylic acids is 3. The van der Waals surface area contributed by atoms with Crippen LogP contribution in [-0.2, 0) is 11.8 Å². The molecule has 0 atom stereocenters. The molecule has 3 amide bonds. The highest BCUT2D eigenvalue weighted by molar-refractivity contribution is 7.99. The number of nitrogens with one attached hydrogen (secondary N) is 3. The largest absolute Gasteiger partial charge is 0.349 e. The average molecular weight is 451 g/mol. The van der Waals surface area contributed by atoms with Crippen molar-refractivity contribution in [2.75, 3.05) is 16.4 Å². The first kappa shape index (κ1) is 21.6. The van der Waals surface area contributed by atoms with Crippen LogP contribution >= 0.6 is 11.8 Å². The van der Waals surface area contributed by atoms with E-state index in [0.29, 0.717) is 27.7 Å². The van der Waals surface area contributed by atoms with E-state index in [2.05, 4.69) is 26.1 Å². The Labute approximate surface area is 189 Å². The van der Waals surface area contributed by atoms with Crippen LogP contribution in [0.25, 0.3) is 0 Å². The van der Waals surface area contributed by atoms with Crippen molar-refractivity contribution in [2.45, 2.75) is 24.0 Å². The fraction of sp³-hybridized carbons (Fsp3) is 0.227. The molecular formula is C22H22N6O3S. The summed E-state index contributed by atoms with van der Waals surface area (Å²) < 4.78 is 1.74. The number of amides is 3. The van der Waals surface area contributed by atoms with Gasteiger partial charge < -0.3 is 20.5 Å². The minimum Gasteiger partial charge on any atom is -0.349 e. The Morgan fingerprint density at radius 2 is 1.78 bits per heavy atom. The molecule has 0 aliphatic heterocycles. The Morgan fingerprint density at radius 1 is 1.00 bits per heavy atom. The number of rotatable bonds is 8. The molecule has 32 heavy (non-hydrogen) atoms. The van der Waals surface area contributed by atoms with Crippen LogP contribution in [0.3, 0.4) is 0 Å². The van der Waals surface area contributed by atoms with E-state index in [-0.39, 0.29) is 29.5 Å². The number of thioether (sulfide) groups is 1. The first-order valence-corrected chi connectivity index (χ1v) is 11.1. The van der Waals surface area contributed by atoms with Gasteiger partial charge in [-0.2, -0.15) is 0 Å². The van der Waals surface area contributed by atoms with Gasteiger partial charge in [0.05, 0.1) is 5.75 Å². The molecule has 1 heterocycles. The minimum atomic E-state index is -0.305. The van der Waals surface area contributed by atoms with Gasteiger partial charge in [0.25, 0.3) is 11.8 Å². The highest BCUT2D eigenvalue weighted by Gasteiger charge is 2.23. The van der Waals surface area contributed by atoms with Crippen LogP contribution in [-0.4, -0.2) is 44.3 Å². The van der Waals surface area contributed by atoms with Gasteiger partial charge in [0.15, 0.2) is 5.16 Å². The maximum absolute atomic E-state index is 12.6. The van der Waals surface area contributed by atoms with Crippen molar-refractivity contribution in [3.05, 3.63) is 66.0 Å². The lowest BCUT2D eigenvalue weighted by Crippen LogP contribution is -2.25. The molecule has 3 aromatic rings. The quantitative estimate of drug-likeness (QED) is 0.454. The van der Waals surface area contributed by atoms with E-state index in [1.807, 2.05) is 7.05 Å². The maximum atomic E-state index is 12.6. The fourth-order valence-electron chi connectivity index (χ4n) is 2.87. The number of aromatic nitrogens is 3. The van der Waals surface area contributed by atoms with Crippen LogP contribution in [0.5, 0.6) is 0 Å². The van der Waals surface area contributed by atoms with Gasteiger partial charge >= 0.3 is 0 Å². The monoisotopic (exact) mass is 450 g/mol. The molecule has 1 aliphatic rings. The number of aryl methyl sites for hydroxylation is 1. The van der Waals surface area contributed by atoms with Crippen molar-refractivity contribution in [3.8, 4) is 0 Å². The van der Waals surface area contributed by atoms with Crippen molar-refractivity contribution in [1.29, 1.82) is 0 Å². The summed E-state index contributed by atoms with van der Waals surface area (Å²) >= 11 is 1.28. The third kappa shape index (κ3) is 5.73. The third-order valence-electron chi connectivity index (χ3n) is 4.73. The molecule has 1 aromatic heterocycles. The second kappa shape index (κ2) is 9.65. The van der Waals surface area contributed by atoms with Gasteiger partial charge in [-0.25, -0.2) is 0 Å². The molecule has 2 aromatic carbocycles. The fourth-order valence-corrected chi connectivity index (χ4v) is 3.56. The van der Waals surface area contributed by atoms with Gasteiger partial charge in [-0.3, -0.25) is 14.4 Å². The highest BCUT2D eigenvalue weighted by atomic mass is 32.2. The molecule has 1 aliphatic carbocycles. The van der Waals surface area contributed by atoms with E-state index >= 15 is 0 Å². The van der Waals surface area contributed by atoms with E-state index in [1.54, 1.807) is 59.4 Å². The van der Waals surface area contributed by atoms with E-state index in [9.17, 15) is 14.4 Å². The van der Waals surface area contributed by atoms with Gasteiger partial charge in [0.2, 0.25) is 5.91 Å².